The highest BCUT2D eigenvalue weighted by Gasteiger charge is 2.30. The van der Waals surface area contributed by atoms with Crippen molar-refractivity contribution in [2.24, 2.45) is 5.92 Å². The summed E-state index contributed by atoms with van der Waals surface area (Å²) in [6.45, 7) is 5.96. The monoisotopic (exact) mass is 358 g/mol. The van der Waals surface area contributed by atoms with Crippen molar-refractivity contribution < 1.29 is 4.79 Å². The summed E-state index contributed by atoms with van der Waals surface area (Å²) >= 11 is 1.38. The summed E-state index contributed by atoms with van der Waals surface area (Å²) < 4.78 is 0. The van der Waals surface area contributed by atoms with Crippen LogP contribution in [0.2, 0.25) is 0 Å². The molecule has 5 nitrogen and oxygen atoms in total. The van der Waals surface area contributed by atoms with Crippen LogP contribution in [0.3, 0.4) is 0 Å². The second-order valence-electron chi connectivity index (χ2n) is 7.37. The third kappa shape index (κ3) is 4.33. The van der Waals surface area contributed by atoms with Gasteiger partial charge in [-0.05, 0) is 45.4 Å². The predicted molar refractivity (Wildman–Crippen MR) is 98.3 cm³/mol. The number of nitrogens with zero attached hydrogens (tertiary/aromatic N) is 3. The highest BCUT2D eigenvalue weighted by Crippen LogP contribution is 2.39. The quantitative estimate of drug-likeness (QED) is 0.641. The van der Waals surface area contributed by atoms with Crippen molar-refractivity contribution in [3.63, 3.8) is 0 Å². The zero-order valence-corrected chi connectivity index (χ0v) is 16.0. The molecule has 0 spiro atoms. The molecule has 0 unspecified atom stereocenters. The van der Waals surface area contributed by atoms with Gasteiger partial charge in [0.05, 0.1) is 10.9 Å². The molecule has 1 N–H and O–H groups in total. The van der Waals surface area contributed by atoms with E-state index in [4.69, 9.17) is 0 Å². The van der Waals surface area contributed by atoms with Gasteiger partial charge >= 0.3 is 0 Å². The van der Waals surface area contributed by atoms with Gasteiger partial charge in [-0.25, -0.2) is 9.97 Å². The summed E-state index contributed by atoms with van der Waals surface area (Å²) in [4.78, 5) is 21.7. The summed E-state index contributed by atoms with van der Waals surface area (Å²) in [6, 6.07) is 2.48. The molecule has 6 heteroatoms. The number of nitrogens with one attached hydrogen (secondary N) is 1. The molecule has 1 aromatic heterocycles. The number of aryl methyl sites for hydroxylation is 1. The lowest BCUT2D eigenvalue weighted by atomic mass is 9.86. The number of nitriles is 1. The van der Waals surface area contributed by atoms with E-state index in [0.717, 1.165) is 30.8 Å². The van der Waals surface area contributed by atoms with Gasteiger partial charge in [-0.3, -0.25) is 4.79 Å². The van der Waals surface area contributed by atoms with E-state index in [1.54, 1.807) is 0 Å². The Morgan fingerprint density at radius 1 is 1.28 bits per heavy atom. The van der Waals surface area contributed by atoms with Crippen molar-refractivity contribution in [3.8, 4) is 6.07 Å². The number of carbonyl (C=O) groups is 1. The largest absolute Gasteiger partial charge is 0.352 e. The van der Waals surface area contributed by atoms with Crippen LogP contribution in [0.1, 0.15) is 75.4 Å². The molecule has 1 aromatic rings. The summed E-state index contributed by atoms with van der Waals surface area (Å²) in [5.41, 5.74) is 1.22. The van der Waals surface area contributed by atoms with Crippen LogP contribution in [0.5, 0.6) is 0 Å². The molecule has 3 rings (SSSR count). The number of carbonyl (C=O) groups excluding carboxylic acids is 1. The summed E-state index contributed by atoms with van der Waals surface area (Å²) in [5, 5.41) is 13.0. The predicted octanol–water partition coefficient (Wildman–Crippen LogP) is 3.71. The fourth-order valence-electron chi connectivity index (χ4n) is 3.36. The maximum Gasteiger partial charge on any atom is 0.233 e. The average molecular weight is 359 g/mol. The first-order valence-corrected chi connectivity index (χ1v) is 10.1. The van der Waals surface area contributed by atoms with E-state index in [2.05, 4.69) is 28.3 Å². The molecular weight excluding hydrogens is 332 g/mol. The Balaban J connectivity index is 1.70. The average Bonchev–Trinajstić information content (AvgIpc) is 3.41. The van der Waals surface area contributed by atoms with E-state index in [9.17, 15) is 10.1 Å². The Morgan fingerprint density at radius 2 is 2.00 bits per heavy atom. The van der Waals surface area contributed by atoms with Gasteiger partial charge in [0, 0.05) is 12.0 Å². The minimum Gasteiger partial charge on any atom is -0.352 e. The van der Waals surface area contributed by atoms with E-state index in [-0.39, 0.29) is 17.2 Å². The van der Waals surface area contributed by atoms with E-state index in [1.807, 2.05) is 13.8 Å². The Labute approximate surface area is 154 Å². The molecule has 2 aliphatic rings. The third-order valence-corrected chi connectivity index (χ3v) is 6.31. The van der Waals surface area contributed by atoms with Crippen molar-refractivity contribution in [1.29, 1.82) is 5.26 Å². The molecule has 2 fully saturated rings. The molecule has 0 aromatic carbocycles. The first-order valence-electron chi connectivity index (χ1n) is 9.25. The van der Waals surface area contributed by atoms with Gasteiger partial charge in [-0.1, -0.05) is 31.5 Å². The molecule has 134 valence electrons. The van der Waals surface area contributed by atoms with Crippen LogP contribution in [0.25, 0.3) is 0 Å². The van der Waals surface area contributed by atoms with Gasteiger partial charge in [0.15, 0.2) is 0 Å². The van der Waals surface area contributed by atoms with Crippen molar-refractivity contribution in [3.05, 3.63) is 17.1 Å². The highest BCUT2D eigenvalue weighted by molar-refractivity contribution is 8.00. The fraction of sp³-hybridized carbons (Fsp3) is 0.684. The first-order chi connectivity index (χ1) is 12.0. The van der Waals surface area contributed by atoms with E-state index < -0.39 is 0 Å². The molecule has 3 atom stereocenters. The Hall–Kier alpha value is -1.61. The van der Waals surface area contributed by atoms with E-state index >= 15 is 0 Å². The van der Waals surface area contributed by atoms with Gasteiger partial charge in [0.25, 0.3) is 0 Å². The molecule has 0 saturated heterocycles. The zero-order chi connectivity index (χ0) is 18.0. The smallest absolute Gasteiger partial charge is 0.233 e. The molecule has 0 radical (unpaired) electrons. The summed E-state index contributed by atoms with van der Waals surface area (Å²) in [5.74, 6) is 1.83. The van der Waals surface area contributed by atoms with Gasteiger partial charge in [0.1, 0.15) is 22.5 Å². The lowest BCUT2D eigenvalue weighted by Crippen LogP contribution is -2.44. The van der Waals surface area contributed by atoms with Crippen LogP contribution in [0.4, 0.5) is 0 Å². The molecule has 2 saturated carbocycles. The van der Waals surface area contributed by atoms with E-state index in [0.29, 0.717) is 22.4 Å². The Morgan fingerprint density at radius 3 is 2.64 bits per heavy atom. The fourth-order valence-corrected chi connectivity index (χ4v) is 4.32. The second kappa shape index (κ2) is 7.74. The van der Waals surface area contributed by atoms with Gasteiger partial charge < -0.3 is 5.32 Å². The van der Waals surface area contributed by atoms with Gasteiger partial charge in [0.2, 0.25) is 5.91 Å². The number of aromatic nitrogens is 2. The number of rotatable bonds is 5. The van der Waals surface area contributed by atoms with E-state index in [1.165, 1.54) is 31.0 Å². The minimum absolute atomic E-state index is 0.0388. The molecule has 2 aliphatic carbocycles. The van der Waals surface area contributed by atoms with Gasteiger partial charge in [-0.15, -0.1) is 0 Å². The van der Waals surface area contributed by atoms with Crippen molar-refractivity contribution >= 4 is 17.7 Å². The molecule has 0 bridgehead atoms. The summed E-state index contributed by atoms with van der Waals surface area (Å²) in [6.07, 6.45) is 6.92. The van der Waals surface area contributed by atoms with Crippen molar-refractivity contribution in [2.75, 3.05) is 0 Å². The number of thioether (sulfide) groups is 1. The molecule has 0 aliphatic heterocycles. The second-order valence-corrected chi connectivity index (χ2v) is 8.70. The molecule has 1 heterocycles. The third-order valence-electron chi connectivity index (χ3n) is 5.23. The number of hydrogen-bond acceptors (Lipinski definition) is 5. The van der Waals surface area contributed by atoms with Crippen molar-refractivity contribution in [2.45, 2.75) is 81.5 Å². The van der Waals surface area contributed by atoms with Crippen LogP contribution in [0.15, 0.2) is 5.03 Å². The van der Waals surface area contributed by atoms with Crippen LogP contribution >= 0.6 is 11.8 Å². The number of amides is 1. The first kappa shape index (κ1) is 18.2. The maximum atomic E-state index is 12.6. The number of hydrogen-bond donors (Lipinski definition) is 1. The van der Waals surface area contributed by atoms with Crippen LogP contribution in [0, 0.1) is 24.2 Å². The topological polar surface area (TPSA) is 78.7 Å². The molecular formula is C19H26N4OS. The lowest BCUT2D eigenvalue weighted by Gasteiger charge is -2.30. The van der Waals surface area contributed by atoms with Crippen LogP contribution in [-0.2, 0) is 4.79 Å². The SMILES string of the molecule is Cc1nc(C2CC2)nc(S[C@H](C)C(=O)N[C@H]2CCCC[C@@H]2C)c1C#N. The summed E-state index contributed by atoms with van der Waals surface area (Å²) in [7, 11) is 0. The minimum atomic E-state index is -0.275. The standard InChI is InChI=1S/C19H26N4OS/c1-11-6-4-5-7-16(11)22-18(24)13(3)25-19-15(10-20)12(2)21-17(23-19)14-8-9-14/h11,13-14,16H,4-9H2,1-3H3,(H,22,24)/t11-,13+,16-/m0/s1. The zero-order valence-electron chi connectivity index (χ0n) is 15.2. The Bertz CT molecular complexity index is 695. The maximum absolute atomic E-state index is 12.6. The van der Waals surface area contributed by atoms with Crippen molar-refractivity contribution in [1.82, 2.24) is 15.3 Å². The molecule has 1 amide bonds. The van der Waals surface area contributed by atoms with Gasteiger partial charge in [-0.2, -0.15) is 5.26 Å². The lowest BCUT2D eigenvalue weighted by molar-refractivity contribution is -0.121. The highest BCUT2D eigenvalue weighted by atomic mass is 32.2. The van der Waals surface area contributed by atoms with Crippen LogP contribution in [-0.4, -0.2) is 27.2 Å². The Kier molecular flexibility index (Phi) is 5.63. The van der Waals surface area contributed by atoms with Crippen LogP contribution < -0.4 is 5.32 Å². The molecule has 25 heavy (non-hydrogen) atoms. The normalized spacial score (nSPS) is 24.4.